The van der Waals surface area contributed by atoms with E-state index < -0.39 is 55.2 Å². The molecule has 0 aromatic heterocycles. The average molecular weight is 358 g/mol. The van der Waals surface area contributed by atoms with Gasteiger partial charge in [0.15, 0.2) is 0 Å². The van der Waals surface area contributed by atoms with Crippen LogP contribution in [0.15, 0.2) is 0 Å². The second kappa shape index (κ2) is 4.15. The van der Waals surface area contributed by atoms with Crippen molar-refractivity contribution in [3.05, 3.63) is 0 Å². The Labute approximate surface area is 114 Å². The summed E-state index contributed by atoms with van der Waals surface area (Å²) in [6.45, 7) is -1.74. The fraction of sp³-hybridized carbons (Fsp3) is 1.00. The van der Waals surface area contributed by atoms with Crippen molar-refractivity contribution in [3.63, 3.8) is 0 Å². The van der Waals surface area contributed by atoms with Crippen LogP contribution < -0.4 is 0 Å². The molecule has 1 heterocycles. The second-order valence-corrected chi connectivity index (χ2v) is 4.81. The van der Waals surface area contributed by atoms with Crippen molar-refractivity contribution in [1.82, 2.24) is 0 Å². The van der Waals surface area contributed by atoms with Crippen LogP contribution in [0.25, 0.3) is 0 Å². The predicted molar refractivity (Wildman–Crippen MR) is 44.8 cm³/mol. The molecule has 0 aromatic carbocycles. The van der Waals surface area contributed by atoms with E-state index >= 15 is 0 Å². The van der Waals surface area contributed by atoms with E-state index in [0.717, 1.165) is 0 Å². The number of ether oxygens (including phenoxy) is 1. The molecule has 1 aliphatic heterocycles. The van der Waals surface area contributed by atoms with Crippen molar-refractivity contribution in [2.24, 2.45) is 0 Å². The van der Waals surface area contributed by atoms with Crippen LogP contribution in [0.5, 0.6) is 0 Å². The van der Waals surface area contributed by atoms with E-state index in [1.54, 1.807) is 0 Å². The molecular formula is C9H6F12O. The summed E-state index contributed by atoms with van der Waals surface area (Å²) < 4.78 is 160. The summed E-state index contributed by atoms with van der Waals surface area (Å²) in [7, 11) is 0. The fourth-order valence-corrected chi connectivity index (χ4v) is 1.77. The van der Waals surface area contributed by atoms with Crippen LogP contribution in [-0.4, -0.2) is 41.3 Å². The van der Waals surface area contributed by atoms with Crippen molar-refractivity contribution < 1.29 is 57.4 Å². The van der Waals surface area contributed by atoms with E-state index in [0.29, 0.717) is 0 Å². The predicted octanol–water partition coefficient (Wildman–Crippen LogP) is 4.56. The molecule has 1 rings (SSSR count). The summed E-state index contributed by atoms with van der Waals surface area (Å²) in [5, 5.41) is 0. The summed E-state index contributed by atoms with van der Waals surface area (Å²) in [5.41, 5.74) is -7.28. The summed E-state index contributed by atoms with van der Waals surface area (Å²) in [6, 6.07) is 0. The Morgan fingerprint density at radius 1 is 0.727 bits per heavy atom. The minimum Gasteiger partial charge on any atom is -0.272 e. The molecule has 132 valence electrons. The van der Waals surface area contributed by atoms with Gasteiger partial charge in [-0.1, -0.05) is 0 Å². The first-order valence-electron chi connectivity index (χ1n) is 5.18. The highest BCUT2D eigenvalue weighted by molar-refractivity contribution is 5.23. The molecule has 0 aromatic rings. The molecule has 0 aliphatic carbocycles. The van der Waals surface area contributed by atoms with Crippen molar-refractivity contribution in [2.75, 3.05) is 0 Å². The summed E-state index contributed by atoms with van der Waals surface area (Å²) >= 11 is 0. The van der Waals surface area contributed by atoms with Crippen LogP contribution in [0, 0.1) is 0 Å². The van der Waals surface area contributed by atoms with Crippen molar-refractivity contribution in [2.45, 2.75) is 55.2 Å². The number of hydrogen-bond donors (Lipinski definition) is 0. The van der Waals surface area contributed by atoms with Crippen molar-refractivity contribution in [1.29, 1.82) is 0 Å². The Kier molecular flexibility index (Phi) is 3.61. The molecule has 0 spiro atoms. The number of halogens is 12. The van der Waals surface area contributed by atoms with Crippen LogP contribution in [-0.2, 0) is 4.74 Å². The smallest absolute Gasteiger partial charge is 0.272 e. The molecule has 2 atom stereocenters. The van der Waals surface area contributed by atoms with Gasteiger partial charge in [-0.05, 0) is 0 Å². The quantitative estimate of drug-likeness (QED) is 0.658. The maximum Gasteiger partial charge on any atom is 0.426 e. The highest BCUT2D eigenvalue weighted by atomic mass is 19.4. The normalized spacial score (nSPS) is 37.9. The second-order valence-electron chi connectivity index (χ2n) is 4.81. The third-order valence-electron chi connectivity index (χ3n) is 3.10. The molecule has 1 saturated heterocycles. The van der Waals surface area contributed by atoms with Gasteiger partial charge in [-0.15, -0.1) is 0 Å². The first kappa shape index (κ1) is 19.2. The zero-order valence-electron chi connectivity index (χ0n) is 10.4. The van der Waals surface area contributed by atoms with Gasteiger partial charge < -0.3 is 0 Å². The maximum atomic E-state index is 13.9. The first-order valence-corrected chi connectivity index (χ1v) is 5.18. The lowest BCUT2D eigenvalue weighted by Gasteiger charge is -2.53. The minimum atomic E-state index is -7.28. The molecule has 1 nitrogen and oxygen atoms in total. The topological polar surface area (TPSA) is 9.23 Å². The fourth-order valence-electron chi connectivity index (χ4n) is 1.77. The van der Waals surface area contributed by atoms with E-state index in [9.17, 15) is 52.7 Å². The van der Waals surface area contributed by atoms with E-state index in [2.05, 4.69) is 4.74 Å². The third-order valence-corrected chi connectivity index (χ3v) is 3.10. The van der Waals surface area contributed by atoms with Gasteiger partial charge in [0, 0.05) is 13.8 Å². The van der Waals surface area contributed by atoms with Crippen molar-refractivity contribution in [3.8, 4) is 0 Å². The monoisotopic (exact) mass is 358 g/mol. The summed E-state index contributed by atoms with van der Waals surface area (Å²) in [6.07, 6.45) is -6.55. The van der Waals surface area contributed by atoms with Gasteiger partial charge in [0.25, 0.3) is 5.85 Å². The lowest BCUT2D eigenvalue weighted by atomic mass is 9.76. The van der Waals surface area contributed by atoms with Gasteiger partial charge >= 0.3 is 35.5 Å². The molecule has 0 radical (unpaired) electrons. The van der Waals surface area contributed by atoms with Crippen LogP contribution in [0.2, 0.25) is 0 Å². The van der Waals surface area contributed by atoms with E-state index in [1.807, 2.05) is 0 Å². The highest BCUT2D eigenvalue weighted by Crippen LogP contribution is 2.68. The van der Waals surface area contributed by atoms with E-state index in [1.165, 1.54) is 0 Å². The molecule has 0 bridgehead atoms. The number of hydrogen-bond acceptors (Lipinski definition) is 1. The SMILES string of the molecule is CC(F)(F)C(F)(F)C1(F)C(F)(F)C(C)(F)OC(F)(F)C1(F)F. The standard InChI is InChI=1S/C9H6F12O/c1-3(10,11)6(14,15)5(13)7(16,17)4(2,12)22-9(20,21)8(5,18)19/h1-2H3. The minimum absolute atomic E-state index is 0.769. The lowest BCUT2D eigenvalue weighted by Crippen LogP contribution is -2.83. The number of rotatable bonds is 2. The molecule has 0 amide bonds. The van der Waals surface area contributed by atoms with E-state index in [-0.39, 0.29) is 0 Å². The summed E-state index contributed by atoms with van der Waals surface area (Å²) in [5.74, 6) is -32.4. The van der Waals surface area contributed by atoms with E-state index in [4.69, 9.17) is 0 Å². The molecule has 2 unspecified atom stereocenters. The Morgan fingerprint density at radius 2 is 1.09 bits per heavy atom. The Bertz CT molecular complexity index is 422. The highest BCUT2D eigenvalue weighted by Gasteiger charge is 2.98. The Morgan fingerprint density at radius 3 is 1.41 bits per heavy atom. The lowest BCUT2D eigenvalue weighted by molar-refractivity contribution is -0.538. The van der Waals surface area contributed by atoms with Crippen LogP contribution in [0.1, 0.15) is 13.8 Å². The Hall–Kier alpha value is -0.880. The van der Waals surface area contributed by atoms with Gasteiger partial charge in [0.2, 0.25) is 0 Å². The van der Waals surface area contributed by atoms with Gasteiger partial charge in [0.05, 0.1) is 0 Å². The molecule has 22 heavy (non-hydrogen) atoms. The number of alkyl halides is 12. The first-order chi connectivity index (χ1) is 9.21. The summed E-state index contributed by atoms with van der Waals surface area (Å²) in [4.78, 5) is 0. The van der Waals surface area contributed by atoms with Gasteiger partial charge in [-0.3, -0.25) is 4.74 Å². The van der Waals surface area contributed by atoms with Gasteiger partial charge in [0.1, 0.15) is 0 Å². The molecule has 13 heteroatoms. The van der Waals surface area contributed by atoms with Crippen molar-refractivity contribution >= 4 is 0 Å². The average Bonchev–Trinajstić information content (AvgIpc) is 2.22. The van der Waals surface area contributed by atoms with Gasteiger partial charge in [-0.2, -0.15) is 35.1 Å². The molecule has 1 fully saturated rings. The van der Waals surface area contributed by atoms with Crippen LogP contribution in [0.4, 0.5) is 52.7 Å². The van der Waals surface area contributed by atoms with Crippen LogP contribution in [0.3, 0.4) is 0 Å². The largest absolute Gasteiger partial charge is 0.426 e. The van der Waals surface area contributed by atoms with Crippen LogP contribution >= 0.6 is 0 Å². The molecule has 1 aliphatic rings. The molecular weight excluding hydrogens is 352 g/mol. The zero-order chi connectivity index (χ0) is 18.2. The molecule has 0 N–H and O–H groups in total. The third kappa shape index (κ3) is 1.80. The van der Waals surface area contributed by atoms with Gasteiger partial charge in [-0.25, -0.2) is 17.6 Å². The molecule has 0 saturated carbocycles. The Balaban J connectivity index is 3.85. The maximum absolute atomic E-state index is 13.9. The zero-order valence-corrected chi connectivity index (χ0v) is 10.4.